The van der Waals surface area contributed by atoms with Gasteiger partial charge in [-0.3, -0.25) is 14.4 Å². The minimum Gasteiger partial charge on any atom is -0.463 e. The van der Waals surface area contributed by atoms with Crippen LogP contribution in [0.25, 0.3) is 0 Å². The molecule has 0 aliphatic rings. The molecule has 5 N–H and O–H groups in total. The smallest absolute Gasteiger partial charge is 0.408 e. The summed E-state index contributed by atoms with van der Waals surface area (Å²) in [5, 5.41) is 8.22. The van der Waals surface area contributed by atoms with Crippen LogP contribution in [0, 0.1) is 12.8 Å². The van der Waals surface area contributed by atoms with Crippen molar-refractivity contribution in [3.8, 4) is 0 Å². The second-order valence-electron chi connectivity index (χ2n) is 10.8. The number of carbonyl (C=O) groups excluding carboxylic acids is 5. The quantitative estimate of drug-likeness (QED) is 0.158. The molecule has 0 aliphatic carbocycles. The molecule has 44 heavy (non-hydrogen) atoms. The molecule has 0 spiro atoms. The van der Waals surface area contributed by atoms with Crippen molar-refractivity contribution in [1.29, 1.82) is 0 Å². The molecule has 0 aliphatic heterocycles. The van der Waals surface area contributed by atoms with E-state index >= 15 is 0 Å². The van der Waals surface area contributed by atoms with Crippen molar-refractivity contribution >= 4 is 29.8 Å². The molecule has 11 heteroatoms. The van der Waals surface area contributed by atoms with Crippen LogP contribution in [0.1, 0.15) is 56.7 Å². The van der Waals surface area contributed by atoms with Crippen LogP contribution in [-0.2, 0) is 41.7 Å². The molecule has 2 aromatic rings. The topological polar surface area (TPSA) is 166 Å². The van der Waals surface area contributed by atoms with Gasteiger partial charge in [0, 0.05) is 25.0 Å². The summed E-state index contributed by atoms with van der Waals surface area (Å²) in [5.41, 5.74) is 7.91. The molecule has 238 valence electrons. The summed E-state index contributed by atoms with van der Waals surface area (Å²) in [5.74, 6) is -2.24. The molecule has 0 unspecified atom stereocenters. The Morgan fingerprint density at radius 2 is 1.52 bits per heavy atom. The molecule has 0 heterocycles. The highest BCUT2D eigenvalue weighted by molar-refractivity contribution is 5.92. The fraction of sp³-hybridized carbons (Fsp3) is 0.424. The lowest BCUT2D eigenvalue weighted by Crippen LogP contribution is -2.55. The fourth-order valence-corrected chi connectivity index (χ4v) is 4.32. The predicted octanol–water partition coefficient (Wildman–Crippen LogP) is 3.23. The zero-order valence-corrected chi connectivity index (χ0v) is 25.8. The van der Waals surface area contributed by atoms with Gasteiger partial charge in [0.05, 0.1) is 6.61 Å². The van der Waals surface area contributed by atoms with E-state index < -0.39 is 47.9 Å². The van der Waals surface area contributed by atoms with Crippen LogP contribution in [0.15, 0.2) is 66.7 Å². The summed E-state index contributed by atoms with van der Waals surface area (Å²) in [6.07, 6.45) is 2.38. The lowest BCUT2D eigenvalue weighted by molar-refractivity contribution is -0.137. The maximum Gasteiger partial charge on any atom is 0.408 e. The Hall–Kier alpha value is -4.67. The van der Waals surface area contributed by atoms with E-state index in [0.717, 1.165) is 16.7 Å². The first-order valence-corrected chi connectivity index (χ1v) is 14.7. The molecule has 0 radical (unpaired) electrons. The number of carbonyl (C=O) groups is 5. The highest BCUT2D eigenvalue weighted by Crippen LogP contribution is 2.11. The number of ether oxygens (including phenoxy) is 2. The van der Waals surface area contributed by atoms with E-state index in [4.69, 9.17) is 15.2 Å². The number of nitrogens with two attached hydrogens (primary N) is 1. The second-order valence-corrected chi connectivity index (χ2v) is 10.8. The van der Waals surface area contributed by atoms with Crippen LogP contribution in [-0.4, -0.2) is 54.5 Å². The van der Waals surface area contributed by atoms with Crippen molar-refractivity contribution in [2.24, 2.45) is 11.7 Å². The first kappa shape index (κ1) is 35.5. The normalized spacial score (nSPS) is 13.0. The first-order valence-electron chi connectivity index (χ1n) is 14.7. The SMILES string of the molecule is CCOC(=O)/C=C/[C@H](CCC(N)=O)NC(=O)[C@H](Cc1ccccc1)NC(=O)[C@H](CC(C)C)NC(=O)OCc1ccccc1C. The second kappa shape index (κ2) is 18.8. The molecule has 11 nitrogen and oxygen atoms in total. The maximum atomic E-state index is 13.6. The number of hydrogen-bond donors (Lipinski definition) is 4. The molecule has 0 saturated heterocycles. The number of benzene rings is 2. The van der Waals surface area contributed by atoms with E-state index in [2.05, 4.69) is 16.0 Å². The average Bonchev–Trinajstić information content (AvgIpc) is 2.97. The Balaban J connectivity index is 2.21. The third kappa shape index (κ3) is 13.5. The first-order chi connectivity index (χ1) is 21.0. The lowest BCUT2D eigenvalue weighted by Gasteiger charge is -2.25. The lowest BCUT2D eigenvalue weighted by atomic mass is 10.0. The molecular weight excluding hydrogens is 564 g/mol. The predicted molar refractivity (Wildman–Crippen MR) is 166 cm³/mol. The highest BCUT2D eigenvalue weighted by Gasteiger charge is 2.29. The van der Waals surface area contributed by atoms with Crippen LogP contribution >= 0.6 is 0 Å². The molecule has 0 fully saturated rings. The van der Waals surface area contributed by atoms with Crippen LogP contribution in [0.3, 0.4) is 0 Å². The van der Waals surface area contributed by atoms with E-state index in [0.29, 0.717) is 6.42 Å². The molecule has 3 atom stereocenters. The van der Waals surface area contributed by atoms with Crippen molar-refractivity contribution in [3.05, 3.63) is 83.4 Å². The van der Waals surface area contributed by atoms with Gasteiger partial charge in [-0.25, -0.2) is 9.59 Å². The summed E-state index contributed by atoms with van der Waals surface area (Å²) in [6.45, 7) is 7.62. The number of alkyl carbamates (subject to hydrolysis) is 1. The summed E-state index contributed by atoms with van der Waals surface area (Å²) < 4.78 is 10.3. The van der Waals surface area contributed by atoms with E-state index in [-0.39, 0.29) is 38.4 Å². The Labute approximate surface area is 258 Å². The van der Waals surface area contributed by atoms with E-state index in [1.807, 2.05) is 75.4 Å². The molecule has 0 bridgehead atoms. The van der Waals surface area contributed by atoms with Gasteiger partial charge in [0.2, 0.25) is 17.7 Å². The van der Waals surface area contributed by atoms with E-state index in [1.54, 1.807) is 6.92 Å². The Kier molecular flexibility index (Phi) is 15.2. The zero-order chi connectivity index (χ0) is 32.5. The van der Waals surface area contributed by atoms with Crippen LogP contribution in [0.4, 0.5) is 4.79 Å². The summed E-state index contributed by atoms with van der Waals surface area (Å²) in [7, 11) is 0. The third-order valence-electron chi connectivity index (χ3n) is 6.63. The summed E-state index contributed by atoms with van der Waals surface area (Å²) in [6, 6.07) is 13.9. The monoisotopic (exact) mass is 608 g/mol. The molecular formula is C33H44N4O7. The Bertz CT molecular complexity index is 1280. The fourth-order valence-electron chi connectivity index (χ4n) is 4.32. The molecule has 2 rings (SSSR count). The van der Waals surface area contributed by atoms with Gasteiger partial charge in [-0.2, -0.15) is 0 Å². The number of aryl methyl sites for hydroxylation is 1. The van der Waals surface area contributed by atoms with Crippen molar-refractivity contribution in [2.75, 3.05) is 6.61 Å². The van der Waals surface area contributed by atoms with Crippen LogP contribution < -0.4 is 21.7 Å². The Morgan fingerprint density at radius 3 is 2.16 bits per heavy atom. The van der Waals surface area contributed by atoms with Gasteiger partial charge in [0.1, 0.15) is 18.7 Å². The van der Waals surface area contributed by atoms with E-state index in [9.17, 15) is 24.0 Å². The van der Waals surface area contributed by atoms with Gasteiger partial charge in [0.25, 0.3) is 0 Å². The summed E-state index contributed by atoms with van der Waals surface area (Å²) >= 11 is 0. The van der Waals surface area contributed by atoms with Crippen molar-refractivity contribution in [2.45, 2.75) is 78.1 Å². The third-order valence-corrected chi connectivity index (χ3v) is 6.63. The van der Waals surface area contributed by atoms with Gasteiger partial charge in [-0.15, -0.1) is 0 Å². The molecule has 2 aromatic carbocycles. The number of hydrogen-bond acceptors (Lipinski definition) is 7. The van der Waals surface area contributed by atoms with Gasteiger partial charge < -0.3 is 31.2 Å². The number of rotatable bonds is 17. The maximum absolute atomic E-state index is 13.6. The van der Waals surface area contributed by atoms with Gasteiger partial charge in [-0.1, -0.05) is 74.5 Å². The molecule has 0 aromatic heterocycles. The van der Waals surface area contributed by atoms with Gasteiger partial charge in [0.15, 0.2) is 0 Å². The average molecular weight is 609 g/mol. The van der Waals surface area contributed by atoms with Crippen LogP contribution in [0.5, 0.6) is 0 Å². The minimum absolute atomic E-state index is 0.0370. The Morgan fingerprint density at radius 1 is 0.864 bits per heavy atom. The van der Waals surface area contributed by atoms with Crippen molar-refractivity contribution < 1.29 is 33.4 Å². The van der Waals surface area contributed by atoms with Gasteiger partial charge >= 0.3 is 12.1 Å². The standard InChI is InChI=1S/C33H44N4O7/c1-5-43-30(39)18-16-26(15-17-29(34)38)35-31(40)28(20-24-12-7-6-8-13-24)36-32(41)27(19-22(2)3)37-33(42)44-21-25-14-10-9-11-23(25)4/h6-14,16,18,22,26-28H,5,15,17,19-21H2,1-4H3,(H2,34,38)(H,35,40)(H,36,41)(H,37,42)/b18-16+/t26-,27-,28-/m0/s1. The number of primary amides is 1. The van der Waals surface area contributed by atoms with Gasteiger partial charge in [-0.05, 0) is 49.3 Å². The molecule has 0 saturated carbocycles. The van der Waals surface area contributed by atoms with Crippen molar-refractivity contribution in [3.63, 3.8) is 0 Å². The number of esters is 1. The summed E-state index contributed by atoms with van der Waals surface area (Å²) in [4.78, 5) is 63.1. The number of nitrogens with one attached hydrogen (secondary N) is 3. The van der Waals surface area contributed by atoms with Crippen molar-refractivity contribution in [1.82, 2.24) is 16.0 Å². The van der Waals surface area contributed by atoms with Crippen LogP contribution in [0.2, 0.25) is 0 Å². The number of amides is 4. The largest absolute Gasteiger partial charge is 0.463 e. The minimum atomic E-state index is -1.04. The zero-order valence-electron chi connectivity index (χ0n) is 25.8. The molecule has 4 amide bonds. The highest BCUT2D eigenvalue weighted by atomic mass is 16.5. The van der Waals surface area contributed by atoms with E-state index in [1.165, 1.54) is 12.2 Å².